The monoisotopic (exact) mass is 492 g/mol. The molecule has 1 unspecified atom stereocenters. The Morgan fingerprint density at radius 2 is 1.86 bits per heavy atom. The molecular formula is C25H28N6O5. The van der Waals surface area contributed by atoms with E-state index in [0.717, 1.165) is 23.8 Å². The number of carbonyl (C=O) groups is 1. The molecule has 36 heavy (non-hydrogen) atoms. The number of carboxylic acid groups (broad SMARTS) is 1. The minimum absolute atomic E-state index is 0.0856. The van der Waals surface area contributed by atoms with Crippen LogP contribution in [0.5, 0.6) is 17.2 Å². The Labute approximate surface area is 207 Å². The van der Waals surface area contributed by atoms with Gasteiger partial charge in [0.25, 0.3) is 0 Å². The average molecular weight is 493 g/mol. The Balaban J connectivity index is 1.55. The number of hydrogen-bond acceptors (Lipinski definition) is 8. The van der Waals surface area contributed by atoms with Crippen LogP contribution in [0.1, 0.15) is 30.1 Å². The lowest BCUT2D eigenvalue weighted by Gasteiger charge is -2.28. The number of nitrogens with zero attached hydrogens (tertiary/aromatic N) is 5. The van der Waals surface area contributed by atoms with E-state index < -0.39 is 6.09 Å². The third kappa shape index (κ3) is 4.39. The predicted octanol–water partition coefficient (Wildman–Crippen LogP) is 3.77. The van der Waals surface area contributed by atoms with Crippen molar-refractivity contribution in [2.24, 2.45) is 0 Å². The Morgan fingerprint density at radius 1 is 1.08 bits per heavy atom. The van der Waals surface area contributed by atoms with Crippen LogP contribution in [0.15, 0.2) is 36.4 Å². The molecule has 0 saturated carbocycles. The lowest BCUT2D eigenvalue weighted by Crippen LogP contribution is -2.38. The van der Waals surface area contributed by atoms with Crippen molar-refractivity contribution in [3.05, 3.63) is 47.8 Å². The van der Waals surface area contributed by atoms with Crippen LogP contribution in [0.25, 0.3) is 16.6 Å². The van der Waals surface area contributed by atoms with E-state index in [1.807, 2.05) is 36.4 Å². The highest BCUT2D eigenvalue weighted by atomic mass is 16.5. The zero-order valence-corrected chi connectivity index (χ0v) is 20.4. The maximum absolute atomic E-state index is 11.5. The van der Waals surface area contributed by atoms with Crippen molar-refractivity contribution < 1.29 is 24.1 Å². The first-order chi connectivity index (χ1) is 17.5. The van der Waals surface area contributed by atoms with Gasteiger partial charge in [-0.2, -0.15) is 4.52 Å². The molecule has 4 aromatic rings. The van der Waals surface area contributed by atoms with Gasteiger partial charge in [0.05, 0.1) is 26.8 Å². The van der Waals surface area contributed by atoms with Gasteiger partial charge in [-0.25, -0.2) is 14.8 Å². The van der Waals surface area contributed by atoms with E-state index in [1.54, 1.807) is 25.8 Å². The maximum atomic E-state index is 11.5. The van der Waals surface area contributed by atoms with Crippen LogP contribution in [-0.2, 0) is 6.54 Å². The van der Waals surface area contributed by atoms with Gasteiger partial charge in [0.15, 0.2) is 11.5 Å². The lowest BCUT2D eigenvalue weighted by atomic mass is 9.98. The van der Waals surface area contributed by atoms with Crippen molar-refractivity contribution in [2.45, 2.75) is 25.3 Å². The second-order valence-electron chi connectivity index (χ2n) is 8.62. The highest BCUT2D eigenvalue weighted by Crippen LogP contribution is 2.30. The molecule has 11 heteroatoms. The fraction of sp³-hybridized carbons (Fsp3) is 0.360. The quantitative estimate of drug-likeness (QED) is 0.397. The molecule has 5 rings (SSSR count). The van der Waals surface area contributed by atoms with E-state index in [1.165, 1.54) is 4.90 Å². The van der Waals surface area contributed by atoms with Gasteiger partial charge < -0.3 is 29.5 Å². The first kappa shape index (κ1) is 23.5. The van der Waals surface area contributed by atoms with Gasteiger partial charge in [0, 0.05) is 48.6 Å². The van der Waals surface area contributed by atoms with Crippen LogP contribution in [0, 0.1) is 0 Å². The molecule has 2 N–H and O–H groups in total. The summed E-state index contributed by atoms with van der Waals surface area (Å²) in [6.07, 6.45) is 0.676. The van der Waals surface area contributed by atoms with Gasteiger partial charge >= 0.3 is 6.09 Å². The summed E-state index contributed by atoms with van der Waals surface area (Å²) in [6, 6.07) is 11.3. The molecule has 0 radical (unpaired) electrons. The first-order valence-corrected chi connectivity index (χ1v) is 11.7. The Bertz CT molecular complexity index is 1420. The van der Waals surface area contributed by atoms with Crippen LogP contribution < -0.4 is 19.5 Å². The molecule has 2 aromatic carbocycles. The van der Waals surface area contributed by atoms with E-state index in [-0.39, 0.29) is 5.92 Å². The van der Waals surface area contributed by atoms with Gasteiger partial charge in [0.2, 0.25) is 5.95 Å². The molecule has 3 heterocycles. The van der Waals surface area contributed by atoms with E-state index in [9.17, 15) is 9.90 Å². The number of ether oxygens (including phenoxy) is 3. The van der Waals surface area contributed by atoms with Crippen molar-refractivity contribution in [1.82, 2.24) is 24.5 Å². The number of anilines is 1. The number of likely N-dealkylation sites (tertiary alicyclic amines) is 1. The van der Waals surface area contributed by atoms with E-state index in [0.29, 0.717) is 59.8 Å². The number of methoxy groups -OCH3 is 3. The number of nitrogens with one attached hydrogen (secondary N) is 1. The van der Waals surface area contributed by atoms with Crippen molar-refractivity contribution in [3.8, 4) is 17.2 Å². The standard InChI is InChI=1S/C25H28N6O5/c1-34-17-8-9-19-20(11-17)27-24(26-13-15-6-7-18(35-2)12-21(15)36-3)31-23(19)28-22(29-31)16-5-4-10-30(14-16)25(32)33/h6-9,11-12,16H,4-5,10,13-14H2,1-3H3,(H,26,27)(H,32,33). The van der Waals surface area contributed by atoms with Gasteiger partial charge in [-0.05, 0) is 37.1 Å². The summed E-state index contributed by atoms with van der Waals surface area (Å²) in [6.45, 7) is 1.33. The molecule has 188 valence electrons. The summed E-state index contributed by atoms with van der Waals surface area (Å²) in [4.78, 5) is 22.6. The van der Waals surface area contributed by atoms with Crippen molar-refractivity contribution in [2.75, 3.05) is 39.7 Å². The fourth-order valence-corrected chi connectivity index (χ4v) is 4.55. The highest BCUT2D eigenvalue weighted by molar-refractivity contribution is 5.93. The zero-order chi connectivity index (χ0) is 25.2. The molecule has 1 saturated heterocycles. The molecule has 11 nitrogen and oxygen atoms in total. The zero-order valence-electron chi connectivity index (χ0n) is 20.4. The summed E-state index contributed by atoms with van der Waals surface area (Å²) in [5, 5.41) is 18.4. The number of hydrogen-bond donors (Lipinski definition) is 2. The number of benzene rings is 2. The molecule has 1 atom stereocenters. The minimum Gasteiger partial charge on any atom is -0.497 e. The summed E-state index contributed by atoms with van der Waals surface area (Å²) in [5.74, 6) is 3.11. The van der Waals surface area contributed by atoms with E-state index in [2.05, 4.69) is 5.32 Å². The molecule has 0 spiro atoms. The lowest BCUT2D eigenvalue weighted by molar-refractivity contribution is 0.129. The average Bonchev–Trinajstić information content (AvgIpc) is 3.37. The molecule has 0 aliphatic carbocycles. The Hall–Kier alpha value is -4.28. The van der Waals surface area contributed by atoms with Crippen LogP contribution in [0.3, 0.4) is 0 Å². The van der Waals surface area contributed by atoms with Crippen LogP contribution in [0.4, 0.5) is 10.7 Å². The third-order valence-corrected chi connectivity index (χ3v) is 6.48. The second-order valence-corrected chi connectivity index (χ2v) is 8.62. The van der Waals surface area contributed by atoms with Gasteiger partial charge in [0.1, 0.15) is 17.2 Å². The van der Waals surface area contributed by atoms with E-state index >= 15 is 0 Å². The number of aromatic nitrogens is 4. The smallest absolute Gasteiger partial charge is 0.407 e. The minimum atomic E-state index is -0.918. The molecular weight excluding hydrogens is 464 g/mol. The normalized spacial score (nSPS) is 15.8. The van der Waals surface area contributed by atoms with Crippen molar-refractivity contribution >= 4 is 28.6 Å². The fourth-order valence-electron chi connectivity index (χ4n) is 4.55. The summed E-state index contributed by atoms with van der Waals surface area (Å²) >= 11 is 0. The summed E-state index contributed by atoms with van der Waals surface area (Å²) < 4.78 is 17.9. The molecule has 1 aliphatic heterocycles. The van der Waals surface area contributed by atoms with E-state index in [4.69, 9.17) is 29.3 Å². The van der Waals surface area contributed by atoms with Crippen LogP contribution in [0.2, 0.25) is 0 Å². The van der Waals surface area contributed by atoms with Crippen molar-refractivity contribution in [3.63, 3.8) is 0 Å². The summed E-state index contributed by atoms with van der Waals surface area (Å²) in [7, 11) is 4.84. The van der Waals surface area contributed by atoms with Gasteiger partial charge in [-0.3, -0.25) is 0 Å². The highest BCUT2D eigenvalue weighted by Gasteiger charge is 2.28. The third-order valence-electron chi connectivity index (χ3n) is 6.48. The SMILES string of the molecule is COc1ccc(CNc2nc3cc(OC)ccc3c3nc(C4CCCN(C(=O)O)C4)nn23)c(OC)c1. The van der Waals surface area contributed by atoms with Gasteiger partial charge in [-0.15, -0.1) is 5.10 Å². The molecule has 1 fully saturated rings. The number of piperidine rings is 1. The molecule has 0 bridgehead atoms. The van der Waals surface area contributed by atoms with Gasteiger partial charge in [-0.1, -0.05) is 0 Å². The molecule has 2 aromatic heterocycles. The Morgan fingerprint density at radius 3 is 2.61 bits per heavy atom. The maximum Gasteiger partial charge on any atom is 0.407 e. The second kappa shape index (κ2) is 9.76. The summed E-state index contributed by atoms with van der Waals surface area (Å²) in [5.41, 5.74) is 2.28. The number of rotatable bonds is 7. The topological polar surface area (TPSA) is 123 Å². The van der Waals surface area contributed by atoms with Crippen molar-refractivity contribution in [1.29, 1.82) is 0 Å². The molecule has 1 aliphatic rings. The first-order valence-electron chi connectivity index (χ1n) is 11.7. The number of fused-ring (bicyclic) bond motifs is 3. The number of amides is 1. The van der Waals surface area contributed by atoms with Crippen LogP contribution in [-0.4, -0.2) is 70.1 Å². The predicted molar refractivity (Wildman–Crippen MR) is 133 cm³/mol. The molecule has 1 amide bonds. The Kier molecular flexibility index (Phi) is 6.36. The van der Waals surface area contributed by atoms with Crippen LogP contribution >= 0.6 is 0 Å². The largest absolute Gasteiger partial charge is 0.497 e.